The standard InChI is InChI=1S/C18H27N3O5S/c1-3-20(4-2)10-13-26-12-9-19-27(24,25)14-11-21-17(22)15-7-5-6-8-16(15)18(21)23/h5-8,19H,3-4,9-14H2,1-2H3. The average Bonchev–Trinajstić information content (AvgIpc) is 2.90. The summed E-state index contributed by atoms with van der Waals surface area (Å²) in [6, 6.07) is 6.48. The number of rotatable bonds is 12. The van der Waals surface area contributed by atoms with E-state index in [9.17, 15) is 18.0 Å². The third-order valence-electron chi connectivity index (χ3n) is 4.48. The second-order valence-electron chi connectivity index (χ2n) is 6.16. The van der Waals surface area contributed by atoms with E-state index in [2.05, 4.69) is 23.5 Å². The Morgan fingerprint density at radius 3 is 2.19 bits per heavy atom. The first-order valence-corrected chi connectivity index (χ1v) is 10.8. The molecule has 0 fully saturated rings. The molecule has 1 aromatic carbocycles. The van der Waals surface area contributed by atoms with Gasteiger partial charge in [0.15, 0.2) is 0 Å². The lowest BCUT2D eigenvalue weighted by molar-refractivity contribution is 0.0664. The van der Waals surface area contributed by atoms with Crippen molar-refractivity contribution < 1.29 is 22.7 Å². The lowest BCUT2D eigenvalue weighted by Gasteiger charge is -2.17. The number of ether oxygens (including phenoxy) is 1. The van der Waals surface area contributed by atoms with E-state index in [1.807, 2.05) is 0 Å². The SMILES string of the molecule is CCN(CC)CCOCCNS(=O)(=O)CCN1C(=O)c2ccccc2C1=O. The van der Waals surface area contributed by atoms with Crippen LogP contribution in [0.2, 0.25) is 0 Å². The summed E-state index contributed by atoms with van der Waals surface area (Å²) in [5.41, 5.74) is 0.629. The van der Waals surface area contributed by atoms with Crippen LogP contribution in [0.15, 0.2) is 24.3 Å². The van der Waals surface area contributed by atoms with Gasteiger partial charge in [-0.1, -0.05) is 26.0 Å². The number of likely N-dealkylation sites (N-methyl/N-ethyl adjacent to an activating group) is 1. The fraction of sp³-hybridized carbons (Fsp3) is 0.556. The summed E-state index contributed by atoms with van der Waals surface area (Å²) in [6.07, 6.45) is 0. The molecule has 1 aliphatic heterocycles. The molecule has 2 amide bonds. The smallest absolute Gasteiger partial charge is 0.261 e. The van der Waals surface area contributed by atoms with Crippen molar-refractivity contribution >= 4 is 21.8 Å². The van der Waals surface area contributed by atoms with Gasteiger partial charge < -0.3 is 9.64 Å². The van der Waals surface area contributed by atoms with Crippen molar-refractivity contribution in [1.29, 1.82) is 0 Å². The number of benzene rings is 1. The minimum absolute atomic E-state index is 0.155. The molecular formula is C18H27N3O5S. The van der Waals surface area contributed by atoms with E-state index in [0.29, 0.717) is 17.7 Å². The van der Waals surface area contributed by atoms with E-state index >= 15 is 0 Å². The highest BCUT2D eigenvalue weighted by molar-refractivity contribution is 7.89. The first kappa shape index (κ1) is 21.5. The number of nitrogens with zero attached hydrogens (tertiary/aromatic N) is 2. The summed E-state index contributed by atoms with van der Waals surface area (Å²) in [4.78, 5) is 27.6. The summed E-state index contributed by atoms with van der Waals surface area (Å²) in [6.45, 7) is 7.64. The number of hydrogen-bond acceptors (Lipinski definition) is 6. The molecule has 1 aromatic rings. The molecule has 1 N–H and O–H groups in total. The van der Waals surface area contributed by atoms with Crippen molar-refractivity contribution in [3.8, 4) is 0 Å². The van der Waals surface area contributed by atoms with Gasteiger partial charge in [0.2, 0.25) is 10.0 Å². The van der Waals surface area contributed by atoms with E-state index in [0.717, 1.165) is 24.5 Å². The lowest BCUT2D eigenvalue weighted by Crippen LogP contribution is -2.38. The second-order valence-corrected chi connectivity index (χ2v) is 8.09. The highest BCUT2D eigenvalue weighted by Gasteiger charge is 2.35. The Morgan fingerprint density at radius 2 is 1.63 bits per heavy atom. The number of nitrogens with one attached hydrogen (secondary N) is 1. The van der Waals surface area contributed by atoms with Gasteiger partial charge in [0.05, 0.1) is 30.1 Å². The van der Waals surface area contributed by atoms with Crippen molar-refractivity contribution in [3.05, 3.63) is 35.4 Å². The Hall–Kier alpha value is -1.81. The summed E-state index contributed by atoms with van der Waals surface area (Å²) in [5.74, 6) is -1.24. The summed E-state index contributed by atoms with van der Waals surface area (Å²) in [5, 5.41) is 0. The van der Waals surface area contributed by atoms with Crippen molar-refractivity contribution in [2.75, 3.05) is 51.7 Å². The van der Waals surface area contributed by atoms with Gasteiger partial charge in [0.1, 0.15) is 0 Å². The number of carbonyl (C=O) groups excluding carboxylic acids is 2. The second kappa shape index (κ2) is 9.93. The molecular weight excluding hydrogens is 370 g/mol. The van der Waals surface area contributed by atoms with Gasteiger partial charge in [-0.3, -0.25) is 14.5 Å². The number of sulfonamides is 1. The van der Waals surface area contributed by atoms with E-state index in [1.165, 1.54) is 0 Å². The summed E-state index contributed by atoms with van der Waals surface area (Å²) >= 11 is 0. The Kier molecular flexibility index (Phi) is 7.91. The van der Waals surface area contributed by atoms with Crippen LogP contribution >= 0.6 is 0 Å². The maximum atomic E-state index is 12.2. The number of fused-ring (bicyclic) bond motifs is 1. The molecule has 1 heterocycles. The first-order valence-electron chi connectivity index (χ1n) is 9.12. The molecule has 0 radical (unpaired) electrons. The maximum absolute atomic E-state index is 12.2. The zero-order valence-electron chi connectivity index (χ0n) is 15.8. The lowest BCUT2D eigenvalue weighted by atomic mass is 10.1. The van der Waals surface area contributed by atoms with Crippen LogP contribution in [0.1, 0.15) is 34.6 Å². The van der Waals surface area contributed by atoms with E-state index in [-0.39, 0.29) is 25.4 Å². The van der Waals surface area contributed by atoms with Gasteiger partial charge >= 0.3 is 0 Å². The zero-order valence-corrected chi connectivity index (χ0v) is 16.6. The molecule has 8 nitrogen and oxygen atoms in total. The number of imide groups is 1. The van der Waals surface area contributed by atoms with Crippen molar-refractivity contribution in [3.63, 3.8) is 0 Å². The predicted octanol–water partition coefficient (Wildman–Crippen LogP) is 0.560. The molecule has 0 unspecified atom stereocenters. The van der Waals surface area contributed by atoms with Crippen LogP contribution in [0.25, 0.3) is 0 Å². The Balaban J connectivity index is 1.71. The van der Waals surface area contributed by atoms with Crippen molar-refractivity contribution in [2.24, 2.45) is 0 Å². The molecule has 27 heavy (non-hydrogen) atoms. The number of carbonyl (C=O) groups is 2. The van der Waals surface area contributed by atoms with Gasteiger partial charge in [-0.15, -0.1) is 0 Å². The predicted molar refractivity (Wildman–Crippen MR) is 102 cm³/mol. The molecule has 1 aliphatic rings. The molecule has 0 aromatic heterocycles. The minimum atomic E-state index is -3.60. The molecule has 0 aliphatic carbocycles. The first-order chi connectivity index (χ1) is 12.9. The van der Waals surface area contributed by atoms with E-state index < -0.39 is 21.8 Å². The monoisotopic (exact) mass is 397 g/mol. The molecule has 150 valence electrons. The largest absolute Gasteiger partial charge is 0.379 e. The minimum Gasteiger partial charge on any atom is -0.379 e. The maximum Gasteiger partial charge on any atom is 0.261 e. The Bertz CT molecular complexity index is 727. The highest BCUT2D eigenvalue weighted by Crippen LogP contribution is 2.22. The fourth-order valence-electron chi connectivity index (χ4n) is 2.83. The zero-order chi connectivity index (χ0) is 19.9. The van der Waals surface area contributed by atoms with Crippen LogP contribution in [0, 0.1) is 0 Å². The van der Waals surface area contributed by atoms with Crippen LogP contribution in [0.5, 0.6) is 0 Å². The van der Waals surface area contributed by atoms with Crippen molar-refractivity contribution in [1.82, 2.24) is 14.5 Å². The third kappa shape index (κ3) is 5.83. The topological polar surface area (TPSA) is 96.0 Å². The Labute approximate surface area is 160 Å². The van der Waals surface area contributed by atoms with Gasteiger partial charge in [-0.2, -0.15) is 0 Å². The van der Waals surface area contributed by atoms with Gasteiger partial charge in [0.25, 0.3) is 11.8 Å². The molecule has 9 heteroatoms. The number of amides is 2. The van der Waals surface area contributed by atoms with E-state index in [1.54, 1.807) is 24.3 Å². The van der Waals surface area contributed by atoms with Crippen LogP contribution < -0.4 is 4.72 Å². The van der Waals surface area contributed by atoms with Crippen LogP contribution in [0.4, 0.5) is 0 Å². The van der Waals surface area contributed by atoms with Crippen LogP contribution in [-0.4, -0.2) is 81.7 Å². The molecule has 0 saturated carbocycles. The van der Waals surface area contributed by atoms with Gasteiger partial charge in [-0.05, 0) is 25.2 Å². The van der Waals surface area contributed by atoms with Gasteiger partial charge in [0, 0.05) is 19.6 Å². The normalized spacial score (nSPS) is 14.3. The Morgan fingerprint density at radius 1 is 1.04 bits per heavy atom. The molecule has 0 saturated heterocycles. The molecule has 0 bridgehead atoms. The quantitative estimate of drug-likeness (QED) is 0.409. The summed E-state index contributed by atoms with van der Waals surface area (Å²) in [7, 11) is -3.60. The molecule has 2 rings (SSSR count). The molecule has 0 atom stereocenters. The van der Waals surface area contributed by atoms with Gasteiger partial charge in [-0.25, -0.2) is 13.1 Å². The van der Waals surface area contributed by atoms with Crippen molar-refractivity contribution in [2.45, 2.75) is 13.8 Å². The number of hydrogen-bond donors (Lipinski definition) is 1. The summed E-state index contributed by atoms with van der Waals surface area (Å²) < 4.78 is 32.0. The highest BCUT2D eigenvalue weighted by atomic mass is 32.2. The molecule has 0 spiro atoms. The van der Waals surface area contributed by atoms with Crippen LogP contribution in [0.3, 0.4) is 0 Å². The average molecular weight is 397 g/mol. The fourth-order valence-corrected chi connectivity index (χ4v) is 3.79. The third-order valence-corrected chi connectivity index (χ3v) is 5.84. The van der Waals surface area contributed by atoms with Crippen LogP contribution in [-0.2, 0) is 14.8 Å². The van der Waals surface area contributed by atoms with E-state index in [4.69, 9.17) is 4.74 Å².